The van der Waals surface area contributed by atoms with Gasteiger partial charge in [-0.1, -0.05) is 0 Å². The van der Waals surface area contributed by atoms with Gasteiger partial charge < -0.3 is 14.8 Å². The van der Waals surface area contributed by atoms with E-state index in [1.54, 1.807) is 18.2 Å². The summed E-state index contributed by atoms with van der Waals surface area (Å²) in [5.74, 6) is -0.153. The van der Waals surface area contributed by atoms with E-state index in [2.05, 4.69) is 20.2 Å². The number of sulfonamides is 1. The molecular formula is C18H15FN4O5S. The second kappa shape index (κ2) is 7.43. The summed E-state index contributed by atoms with van der Waals surface area (Å²) in [5, 5.41) is 8.16. The largest absolute Gasteiger partial charge is 0.486 e. The van der Waals surface area contributed by atoms with Crippen LogP contribution in [-0.4, -0.2) is 37.7 Å². The maximum Gasteiger partial charge on any atom is 0.279 e. The number of carbonyl (C=O) groups excluding carboxylic acids is 1. The first kappa shape index (κ1) is 18.7. The molecule has 0 bridgehead atoms. The second-order valence-corrected chi connectivity index (χ2v) is 7.66. The maximum absolute atomic E-state index is 13.0. The van der Waals surface area contributed by atoms with E-state index >= 15 is 0 Å². The van der Waals surface area contributed by atoms with Crippen LogP contribution in [0.3, 0.4) is 0 Å². The highest BCUT2D eigenvalue weighted by Gasteiger charge is 2.25. The number of hydrogen-bond donors (Lipinski definition) is 3. The molecule has 0 fully saturated rings. The third-order valence-electron chi connectivity index (χ3n) is 4.01. The topological polar surface area (TPSA) is 122 Å². The molecule has 0 radical (unpaired) electrons. The number of nitrogens with zero attached hydrogens (tertiary/aromatic N) is 1. The van der Waals surface area contributed by atoms with Crippen LogP contribution in [-0.2, 0) is 10.0 Å². The molecule has 1 amide bonds. The van der Waals surface area contributed by atoms with Gasteiger partial charge in [0.05, 0.1) is 11.8 Å². The first-order chi connectivity index (χ1) is 13.9. The van der Waals surface area contributed by atoms with Crippen LogP contribution in [0.5, 0.6) is 11.5 Å². The minimum Gasteiger partial charge on any atom is -0.486 e. The van der Waals surface area contributed by atoms with Crippen LogP contribution in [0.2, 0.25) is 0 Å². The van der Waals surface area contributed by atoms with Crippen molar-refractivity contribution >= 4 is 27.3 Å². The first-order valence-electron chi connectivity index (χ1n) is 8.45. The lowest BCUT2D eigenvalue weighted by Crippen LogP contribution is -2.20. The van der Waals surface area contributed by atoms with E-state index in [9.17, 15) is 17.6 Å². The average molecular weight is 418 g/mol. The van der Waals surface area contributed by atoms with Crippen LogP contribution in [0, 0.1) is 5.82 Å². The van der Waals surface area contributed by atoms with Crippen molar-refractivity contribution in [3.8, 4) is 11.5 Å². The monoisotopic (exact) mass is 418 g/mol. The van der Waals surface area contributed by atoms with E-state index in [1.807, 2.05) is 0 Å². The summed E-state index contributed by atoms with van der Waals surface area (Å²) in [6.45, 7) is 0.833. The molecular weight excluding hydrogens is 403 g/mol. The zero-order valence-corrected chi connectivity index (χ0v) is 15.6. The van der Waals surface area contributed by atoms with E-state index in [1.165, 1.54) is 12.1 Å². The van der Waals surface area contributed by atoms with E-state index in [0.717, 1.165) is 18.3 Å². The van der Waals surface area contributed by atoms with Crippen molar-refractivity contribution in [2.24, 2.45) is 0 Å². The van der Waals surface area contributed by atoms with E-state index in [4.69, 9.17) is 9.47 Å². The predicted octanol–water partition coefficient (Wildman–Crippen LogP) is 2.37. The summed E-state index contributed by atoms with van der Waals surface area (Å²) in [5.41, 5.74) is 0.351. The SMILES string of the molecule is O=C(Nc1ccc2c(c1)OCCO2)c1cn[nH]c1S(=O)(=O)Nc1ccc(F)cc1. The second-order valence-electron chi connectivity index (χ2n) is 6.04. The van der Waals surface area contributed by atoms with Crippen LogP contribution >= 0.6 is 0 Å². The third kappa shape index (κ3) is 3.99. The van der Waals surface area contributed by atoms with Gasteiger partial charge in [-0.2, -0.15) is 13.5 Å². The number of ether oxygens (including phenoxy) is 2. The number of aromatic nitrogens is 2. The Balaban J connectivity index is 1.55. The van der Waals surface area contributed by atoms with Gasteiger partial charge in [-0.05, 0) is 36.4 Å². The third-order valence-corrected chi connectivity index (χ3v) is 5.37. The lowest BCUT2D eigenvalue weighted by molar-refractivity contribution is 0.102. The number of benzene rings is 2. The molecule has 0 spiro atoms. The summed E-state index contributed by atoms with van der Waals surface area (Å²) < 4.78 is 51.4. The summed E-state index contributed by atoms with van der Waals surface area (Å²) in [4.78, 5) is 12.6. The molecule has 11 heteroatoms. The van der Waals surface area contributed by atoms with Crippen molar-refractivity contribution in [3.63, 3.8) is 0 Å². The van der Waals surface area contributed by atoms with Crippen LogP contribution in [0.4, 0.5) is 15.8 Å². The molecule has 29 heavy (non-hydrogen) atoms. The Morgan fingerprint density at radius 2 is 1.72 bits per heavy atom. The Hall–Kier alpha value is -3.60. The number of carbonyl (C=O) groups is 1. The van der Waals surface area contributed by atoms with Crippen molar-refractivity contribution in [1.29, 1.82) is 0 Å². The van der Waals surface area contributed by atoms with Crippen molar-refractivity contribution in [1.82, 2.24) is 10.2 Å². The molecule has 1 aromatic heterocycles. The molecule has 0 saturated carbocycles. The highest BCUT2D eigenvalue weighted by Crippen LogP contribution is 2.32. The number of anilines is 2. The van der Waals surface area contributed by atoms with Crippen molar-refractivity contribution < 1.29 is 27.1 Å². The summed E-state index contributed by atoms with van der Waals surface area (Å²) in [6, 6.07) is 9.58. The number of H-pyrrole nitrogens is 1. The molecule has 9 nitrogen and oxygen atoms in total. The van der Waals surface area contributed by atoms with Gasteiger partial charge in [0.25, 0.3) is 15.9 Å². The molecule has 3 aromatic rings. The smallest absolute Gasteiger partial charge is 0.279 e. The fourth-order valence-corrected chi connectivity index (χ4v) is 3.84. The first-order valence-corrected chi connectivity index (χ1v) is 9.93. The molecule has 150 valence electrons. The van der Waals surface area contributed by atoms with Crippen molar-refractivity contribution in [2.45, 2.75) is 5.03 Å². The zero-order chi connectivity index (χ0) is 20.4. The lowest BCUT2D eigenvalue weighted by Gasteiger charge is -2.19. The van der Waals surface area contributed by atoms with Gasteiger partial charge in [-0.25, -0.2) is 4.39 Å². The molecule has 1 aliphatic heterocycles. The van der Waals surface area contributed by atoms with Gasteiger partial charge in [-0.3, -0.25) is 14.6 Å². The normalized spacial score (nSPS) is 13.0. The molecule has 2 heterocycles. The van der Waals surface area contributed by atoms with Gasteiger partial charge in [0, 0.05) is 17.4 Å². The van der Waals surface area contributed by atoms with E-state index < -0.39 is 26.8 Å². The van der Waals surface area contributed by atoms with Gasteiger partial charge >= 0.3 is 0 Å². The van der Waals surface area contributed by atoms with Crippen molar-refractivity contribution in [3.05, 3.63) is 60.0 Å². The number of aromatic amines is 1. The van der Waals surface area contributed by atoms with Gasteiger partial charge in [0.1, 0.15) is 19.0 Å². The molecule has 3 N–H and O–H groups in total. The van der Waals surface area contributed by atoms with Crippen LogP contribution in [0.25, 0.3) is 0 Å². The zero-order valence-electron chi connectivity index (χ0n) is 14.8. The summed E-state index contributed by atoms with van der Waals surface area (Å²) in [7, 11) is -4.16. The highest BCUT2D eigenvalue weighted by molar-refractivity contribution is 7.92. The molecule has 0 aliphatic carbocycles. The van der Waals surface area contributed by atoms with Gasteiger partial charge in [0.2, 0.25) is 0 Å². The van der Waals surface area contributed by atoms with Gasteiger partial charge in [0.15, 0.2) is 16.5 Å². The quantitative estimate of drug-likeness (QED) is 0.585. The number of rotatable bonds is 5. The Morgan fingerprint density at radius 3 is 2.48 bits per heavy atom. The van der Waals surface area contributed by atoms with E-state index in [0.29, 0.717) is 30.4 Å². The lowest BCUT2D eigenvalue weighted by atomic mass is 10.2. The number of halogens is 1. The standard InChI is InChI=1S/C18H15FN4O5S/c19-11-1-3-12(4-2-11)23-29(25,26)18-14(10-20-22-18)17(24)21-13-5-6-15-16(9-13)28-8-7-27-15/h1-6,9-10,23H,7-8H2,(H,20,22)(H,21,24). The molecule has 0 atom stereocenters. The summed E-state index contributed by atoms with van der Waals surface area (Å²) >= 11 is 0. The Labute approximate surface area is 164 Å². The molecule has 1 aliphatic rings. The number of fused-ring (bicyclic) bond motifs is 1. The highest BCUT2D eigenvalue weighted by atomic mass is 32.2. The fraction of sp³-hybridized carbons (Fsp3) is 0.111. The van der Waals surface area contributed by atoms with Crippen molar-refractivity contribution in [2.75, 3.05) is 23.3 Å². The summed E-state index contributed by atoms with van der Waals surface area (Å²) in [6.07, 6.45) is 1.10. The average Bonchev–Trinajstić information content (AvgIpc) is 3.21. The predicted molar refractivity (Wildman–Crippen MR) is 101 cm³/mol. The van der Waals surface area contributed by atoms with Crippen LogP contribution < -0.4 is 19.5 Å². The molecule has 0 saturated heterocycles. The fourth-order valence-electron chi connectivity index (χ4n) is 2.68. The minimum absolute atomic E-state index is 0.138. The number of hydrogen-bond acceptors (Lipinski definition) is 6. The molecule has 0 unspecified atom stereocenters. The maximum atomic E-state index is 13.0. The Bertz CT molecular complexity index is 1160. The Kier molecular flexibility index (Phi) is 4.80. The van der Waals surface area contributed by atoms with Gasteiger partial charge in [-0.15, -0.1) is 0 Å². The Morgan fingerprint density at radius 1 is 1.03 bits per heavy atom. The molecule has 4 rings (SSSR count). The number of amides is 1. The van der Waals surface area contributed by atoms with Crippen LogP contribution in [0.1, 0.15) is 10.4 Å². The minimum atomic E-state index is -4.16. The number of nitrogens with one attached hydrogen (secondary N) is 3. The van der Waals surface area contributed by atoms with E-state index in [-0.39, 0.29) is 11.3 Å². The van der Waals surface area contributed by atoms with Crippen LogP contribution in [0.15, 0.2) is 53.7 Å². The molecule has 2 aromatic carbocycles.